The van der Waals surface area contributed by atoms with E-state index in [1.807, 2.05) is 38.1 Å². The molecule has 0 atom stereocenters. The second-order valence-electron chi connectivity index (χ2n) is 5.01. The summed E-state index contributed by atoms with van der Waals surface area (Å²) in [4.78, 5) is 4.40. The summed E-state index contributed by atoms with van der Waals surface area (Å²) in [6.07, 6.45) is 1.36. The molecule has 0 radical (unpaired) electrons. The lowest BCUT2D eigenvalue weighted by atomic mass is 10.2. The van der Waals surface area contributed by atoms with E-state index in [0.717, 1.165) is 21.2 Å². The summed E-state index contributed by atoms with van der Waals surface area (Å²) in [6.45, 7) is 3.90. The summed E-state index contributed by atoms with van der Waals surface area (Å²) in [5, 5.41) is 0. The number of hydrogen-bond donors (Lipinski definition) is 1. The van der Waals surface area contributed by atoms with Crippen LogP contribution in [0, 0.1) is 13.8 Å². The maximum atomic E-state index is 12.3. The molecule has 116 valence electrons. The fourth-order valence-corrected chi connectivity index (χ4v) is 2.74. The first-order valence-corrected chi connectivity index (χ1v) is 8.24. The highest BCUT2D eigenvalue weighted by atomic mass is 32.2. The molecule has 2 aromatic rings. The molecule has 0 aliphatic heterocycles. The Morgan fingerprint density at radius 1 is 0.955 bits per heavy atom. The van der Waals surface area contributed by atoms with Crippen molar-refractivity contribution in [1.29, 1.82) is 0 Å². The third kappa shape index (κ3) is 3.93. The number of nitrogens with zero attached hydrogens (tertiary/aromatic N) is 2. The predicted octanol–water partition coefficient (Wildman–Crippen LogP) is 2.79. The molecule has 6 heteroatoms. The van der Waals surface area contributed by atoms with E-state index in [-0.39, 0.29) is 4.90 Å². The van der Waals surface area contributed by atoms with Gasteiger partial charge in [0.05, 0.1) is 10.6 Å². The van der Waals surface area contributed by atoms with Gasteiger partial charge in [0.1, 0.15) is 6.34 Å². The molecule has 5 nitrogen and oxygen atoms in total. The summed E-state index contributed by atoms with van der Waals surface area (Å²) in [5.41, 5.74) is 5.56. The fourth-order valence-electron chi connectivity index (χ4n) is 1.75. The number of aryl methyl sites for hydroxylation is 2. The Kier molecular flexibility index (Phi) is 4.95. The monoisotopic (exact) mass is 317 g/mol. The van der Waals surface area contributed by atoms with Gasteiger partial charge in [-0.05, 0) is 38.1 Å². The smallest absolute Gasteiger partial charge is 0.259 e. The minimum Gasteiger partial charge on any atom is -0.296 e. The second-order valence-corrected chi connectivity index (χ2v) is 6.98. The molecular weight excluding hydrogens is 298 g/mol. The zero-order valence-electron chi connectivity index (χ0n) is 12.8. The summed E-state index contributed by atoms with van der Waals surface area (Å²) in [5.74, 6) is 0. The molecule has 0 bridgehead atoms. The van der Waals surface area contributed by atoms with Gasteiger partial charge in [0, 0.05) is 7.05 Å². The summed E-state index contributed by atoms with van der Waals surface area (Å²) in [6, 6.07) is 14.3. The zero-order valence-corrected chi connectivity index (χ0v) is 13.6. The lowest BCUT2D eigenvalue weighted by molar-refractivity contribution is 0.442. The van der Waals surface area contributed by atoms with Crippen LogP contribution >= 0.6 is 0 Å². The third-order valence-corrected chi connectivity index (χ3v) is 4.86. The third-order valence-electron chi connectivity index (χ3n) is 3.17. The van der Waals surface area contributed by atoms with Crippen LogP contribution in [-0.4, -0.2) is 26.2 Å². The topological polar surface area (TPSA) is 61.8 Å². The largest absolute Gasteiger partial charge is 0.296 e. The summed E-state index contributed by atoms with van der Waals surface area (Å²) < 4.78 is 25.7. The molecule has 0 aliphatic rings. The van der Waals surface area contributed by atoms with Crippen LogP contribution in [0.25, 0.3) is 0 Å². The van der Waals surface area contributed by atoms with Crippen molar-refractivity contribution in [2.75, 3.05) is 7.05 Å². The SMILES string of the molecule is Cc1ccc(N=CNN(C)S(=O)(=O)c2ccc(C)cc2)cc1. The van der Waals surface area contributed by atoms with Crippen LogP contribution < -0.4 is 5.43 Å². The van der Waals surface area contributed by atoms with Crippen molar-refractivity contribution in [3.63, 3.8) is 0 Å². The highest BCUT2D eigenvalue weighted by molar-refractivity contribution is 7.89. The first kappa shape index (κ1) is 16.2. The van der Waals surface area contributed by atoms with Gasteiger partial charge < -0.3 is 0 Å². The number of hydrazine groups is 1. The molecule has 0 heterocycles. The standard InChI is InChI=1S/C16H19N3O2S/c1-13-4-8-15(9-5-13)17-12-18-19(3)22(20,21)16-10-6-14(2)7-11-16/h4-12H,1-3H3,(H,17,18). The minimum atomic E-state index is -3.59. The maximum Gasteiger partial charge on any atom is 0.259 e. The molecule has 0 spiro atoms. The van der Waals surface area contributed by atoms with Gasteiger partial charge in [-0.25, -0.2) is 13.4 Å². The van der Waals surface area contributed by atoms with Gasteiger partial charge >= 0.3 is 0 Å². The van der Waals surface area contributed by atoms with E-state index in [1.165, 1.54) is 13.4 Å². The lowest BCUT2D eigenvalue weighted by Crippen LogP contribution is -2.38. The molecule has 22 heavy (non-hydrogen) atoms. The van der Waals surface area contributed by atoms with Gasteiger partial charge in [0.2, 0.25) is 0 Å². The van der Waals surface area contributed by atoms with Crippen LogP contribution in [0.2, 0.25) is 0 Å². The minimum absolute atomic E-state index is 0.233. The van der Waals surface area contributed by atoms with Gasteiger partial charge in [-0.2, -0.15) is 0 Å². The number of benzene rings is 2. The van der Waals surface area contributed by atoms with Gasteiger partial charge in [-0.15, -0.1) is 4.41 Å². The van der Waals surface area contributed by atoms with Crippen molar-refractivity contribution in [1.82, 2.24) is 9.84 Å². The Labute approximate surface area is 131 Å². The Morgan fingerprint density at radius 3 is 2.00 bits per heavy atom. The average Bonchev–Trinajstić information content (AvgIpc) is 2.49. The van der Waals surface area contributed by atoms with Crippen molar-refractivity contribution in [3.8, 4) is 0 Å². The lowest BCUT2D eigenvalue weighted by Gasteiger charge is -2.16. The Bertz CT molecular complexity index is 751. The van der Waals surface area contributed by atoms with Gasteiger partial charge in [-0.1, -0.05) is 35.4 Å². The highest BCUT2D eigenvalue weighted by Gasteiger charge is 2.19. The molecule has 0 aliphatic carbocycles. The molecule has 1 N–H and O–H groups in total. The van der Waals surface area contributed by atoms with Crippen LogP contribution in [0.5, 0.6) is 0 Å². The molecular formula is C16H19N3O2S. The molecule has 2 aromatic carbocycles. The molecule has 0 saturated heterocycles. The number of hydrogen-bond acceptors (Lipinski definition) is 3. The van der Waals surface area contributed by atoms with Gasteiger partial charge in [0.15, 0.2) is 0 Å². The van der Waals surface area contributed by atoms with Crippen LogP contribution in [0.1, 0.15) is 11.1 Å². The number of aliphatic imine (C=N–C) groups is 1. The molecule has 0 fully saturated rings. The molecule has 0 saturated carbocycles. The number of sulfonamides is 1. The van der Waals surface area contributed by atoms with Crippen LogP contribution in [-0.2, 0) is 10.0 Å². The Balaban J connectivity index is 2.06. The Hall–Kier alpha value is -2.18. The van der Waals surface area contributed by atoms with Crippen molar-refractivity contribution in [2.24, 2.45) is 4.99 Å². The van der Waals surface area contributed by atoms with E-state index < -0.39 is 10.0 Å². The van der Waals surface area contributed by atoms with E-state index in [9.17, 15) is 8.42 Å². The molecule has 0 unspecified atom stereocenters. The first-order chi connectivity index (χ1) is 10.4. The van der Waals surface area contributed by atoms with Gasteiger partial charge in [0.25, 0.3) is 10.0 Å². The van der Waals surface area contributed by atoms with Crippen molar-refractivity contribution in [2.45, 2.75) is 18.7 Å². The maximum absolute atomic E-state index is 12.3. The number of rotatable bonds is 5. The predicted molar refractivity (Wildman–Crippen MR) is 88.6 cm³/mol. The summed E-state index contributed by atoms with van der Waals surface area (Å²) in [7, 11) is -2.15. The second kappa shape index (κ2) is 6.72. The van der Waals surface area contributed by atoms with Crippen molar-refractivity contribution in [3.05, 3.63) is 59.7 Å². The van der Waals surface area contributed by atoms with E-state index in [4.69, 9.17) is 0 Å². The highest BCUT2D eigenvalue weighted by Crippen LogP contribution is 2.14. The van der Waals surface area contributed by atoms with Crippen LogP contribution in [0.15, 0.2) is 58.4 Å². The number of nitrogens with one attached hydrogen (secondary N) is 1. The van der Waals surface area contributed by atoms with Crippen molar-refractivity contribution >= 4 is 22.0 Å². The van der Waals surface area contributed by atoms with E-state index in [1.54, 1.807) is 24.3 Å². The summed E-state index contributed by atoms with van der Waals surface area (Å²) >= 11 is 0. The van der Waals surface area contributed by atoms with E-state index >= 15 is 0 Å². The van der Waals surface area contributed by atoms with Crippen molar-refractivity contribution < 1.29 is 8.42 Å². The Morgan fingerprint density at radius 2 is 1.45 bits per heavy atom. The van der Waals surface area contributed by atoms with Crippen LogP contribution in [0.3, 0.4) is 0 Å². The van der Waals surface area contributed by atoms with E-state index in [0.29, 0.717) is 0 Å². The molecule has 2 rings (SSSR count). The average molecular weight is 317 g/mol. The zero-order chi connectivity index (χ0) is 16.2. The normalized spacial score (nSPS) is 12.0. The van der Waals surface area contributed by atoms with Gasteiger partial charge in [-0.3, -0.25) is 5.43 Å². The van der Waals surface area contributed by atoms with Crippen LogP contribution in [0.4, 0.5) is 5.69 Å². The quantitative estimate of drug-likeness (QED) is 0.524. The molecule has 0 aromatic heterocycles. The fraction of sp³-hybridized carbons (Fsp3) is 0.188. The first-order valence-electron chi connectivity index (χ1n) is 6.80. The molecule has 0 amide bonds. The van der Waals surface area contributed by atoms with E-state index in [2.05, 4.69) is 10.4 Å².